The molecule has 0 bridgehead atoms. The second kappa shape index (κ2) is 9.30. The summed E-state index contributed by atoms with van der Waals surface area (Å²) < 4.78 is 0. The SMILES string of the molecule is CCN(C(=O)CSc1ccc(C(=O)N2CCCC2)cn1)c1cccc2ccccc12. The molecule has 0 N–H and O–H groups in total. The Morgan fingerprint density at radius 1 is 1.03 bits per heavy atom. The number of benzene rings is 2. The van der Waals surface area contributed by atoms with Gasteiger partial charge < -0.3 is 9.80 Å². The van der Waals surface area contributed by atoms with Gasteiger partial charge in [0, 0.05) is 31.2 Å². The summed E-state index contributed by atoms with van der Waals surface area (Å²) in [6.07, 6.45) is 3.76. The first kappa shape index (κ1) is 20.4. The molecule has 5 nitrogen and oxygen atoms in total. The van der Waals surface area contributed by atoms with Crippen molar-refractivity contribution in [2.45, 2.75) is 24.8 Å². The number of anilines is 1. The molecule has 2 heterocycles. The second-order valence-corrected chi connectivity index (χ2v) is 8.30. The van der Waals surface area contributed by atoms with Crippen LogP contribution in [0.4, 0.5) is 5.69 Å². The van der Waals surface area contributed by atoms with Gasteiger partial charge in [0.25, 0.3) is 5.91 Å². The average Bonchev–Trinajstić information content (AvgIpc) is 3.33. The fraction of sp³-hybridized carbons (Fsp3) is 0.292. The maximum absolute atomic E-state index is 13.0. The number of carbonyl (C=O) groups excluding carboxylic acids is 2. The Bertz CT molecular complexity index is 1040. The van der Waals surface area contributed by atoms with Crippen LogP contribution >= 0.6 is 11.8 Å². The molecule has 1 aliphatic rings. The molecule has 2 aromatic carbocycles. The van der Waals surface area contributed by atoms with Crippen LogP contribution in [0.5, 0.6) is 0 Å². The highest BCUT2D eigenvalue weighted by Crippen LogP contribution is 2.28. The van der Waals surface area contributed by atoms with Gasteiger partial charge in [-0.3, -0.25) is 9.59 Å². The third-order valence-electron chi connectivity index (χ3n) is 5.39. The van der Waals surface area contributed by atoms with Crippen LogP contribution in [0.2, 0.25) is 0 Å². The number of hydrogen-bond donors (Lipinski definition) is 0. The number of fused-ring (bicyclic) bond motifs is 1. The van der Waals surface area contributed by atoms with Crippen molar-refractivity contribution in [2.75, 3.05) is 30.3 Å². The van der Waals surface area contributed by atoms with Gasteiger partial charge in [-0.05, 0) is 43.4 Å². The average molecular weight is 420 g/mol. The molecule has 154 valence electrons. The summed E-state index contributed by atoms with van der Waals surface area (Å²) in [6.45, 7) is 4.24. The minimum absolute atomic E-state index is 0.0397. The molecule has 1 fully saturated rings. The summed E-state index contributed by atoms with van der Waals surface area (Å²) in [6, 6.07) is 17.8. The van der Waals surface area contributed by atoms with Crippen molar-refractivity contribution in [3.8, 4) is 0 Å². The molecule has 0 aliphatic carbocycles. The first-order chi connectivity index (χ1) is 14.7. The van der Waals surface area contributed by atoms with Crippen molar-refractivity contribution in [3.63, 3.8) is 0 Å². The predicted molar refractivity (Wildman–Crippen MR) is 122 cm³/mol. The third-order valence-corrected chi connectivity index (χ3v) is 6.32. The Kier molecular flexibility index (Phi) is 6.33. The Morgan fingerprint density at radius 2 is 1.80 bits per heavy atom. The van der Waals surface area contributed by atoms with E-state index in [1.165, 1.54) is 11.8 Å². The first-order valence-corrected chi connectivity index (χ1v) is 11.3. The fourth-order valence-corrected chi connectivity index (χ4v) is 4.55. The van der Waals surface area contributed by atoms with Crippen LogP contribution in [0.15, 0.2) is 65.8 Å². The molecule has 30 heavy (non-hydrogen) atoms. The van der Waals surface area contributed by atoms with E-state index in [2.05, 4.69) is 17.1 Å². The Morgan fingerprint density at radius 3 is 2.53 bits per heavy atom. The van der Waals surface area contributed by atoms with E-state index in [1.54, 1.807) is 6.20 Å². The number of pyridine rings is 1. The van der Waals surface area contributed by atoms with Crippen LogP contribution in [0.3, 0.4) is 0 Å². The van der Waals surface area contributed by atoms with E-state index >= 15 is 0 Å². The van der Waals surface area contributed by atoms with Gasteiger partial charge >= 0.3 is 0 Å². The molecule has 0 unspecified atom stereocenters. The van der Waals surface area contributed by atoms with E-state index in [-0.39, 0.29) is 11.8 Å². The van der Waals surface area contributed by atoms with E-state index in [0.29, 0.717) is 17.9 Å². The minimum atomic E-state index is 0.0397. The lowest BCUT2D eigenvalue weighted by Gasteiger charge is -2.22. The lowest BCUT2D eigenvalue weighted by atomic mass is 10.1. The van der Waals surface area contributed by atoms with Gasteiger partial charge in [-0.1, -0.05) is 48.2 Å². The number of aromatic nitrogens is 1. The monoisotopic (exact) mass is 419 g/mol. The molecule has 2 amide bonds. The zero-order valence-corrected chi connectivity index (χ0v) is 17.9. The molecule has 0 atom stereocenters. The van der Waals surface area contributed by atoms with Gasteiger partial charge in [-0.25, -0.2) is 4.98 Å². The number of likely N-dealkylation sites (tertiary alicyclic amines) is 1. The lowest BCUT2D eigenvalue weighted by molar-refractivity contribution is -0.116. The summed E-state index contributed by atoms with van der Waals surface area (Å²) >= 11 is 1.40. The fourth-order valence-electron chi connectivity index (χ4n) is 3.83. The molecule has 4 rings (SSSR count). The lowest BCUT2D eigenvalue weighted by Crippen LogP contribution is -2.32. The van der Waals surface area contributed by atoms with Crippen LogP contribution in [0, 0.1) is 0 Å². The standard InChI is InChI=1S/C24H25N3O2S/c1-2-27(21-11-7-9-18-8-3-4-10-20(18)21)23(28)17-30-22-13-12-19(16-25-22)24(29)26-14-5-6-15-26/h3-4,7-13,16H,2,5-6,14-15,17H2,1H3. The quantitative estimate of drug-likeness (QED) is 0.547. The van der Waals surface area contributed by atoms with Gasteiger partial charge in [-0.15, -0.1) is 0 Å². The Labute approximate surface area is 181 Å². The Balaban J connectivity index is 1.42. The van der Waals surface area contributed by atoms with Crippen LogP contribution in [-0.4, -0.2) is 47.1 Å². The Hall–Kier alpha value is -2.86. The van der Waals surface area contributed by atoms with Crippen LogP contribution in [0.25, 0.3) is 10.8 Å². The summed E-state index contributed by atoms with van der Waals surface area (Å²) in [7, 11) is 0. The molecule has 1 aliphatic heterocycles. The zero-order valence-electron chi connectivity index (χ0n) is 17.1. The second-order valence-electron chi connectivity index (χ2n) is 7.31. The van der Waals surface area contributed by atoms with Crippen LogP contribution < -0.4 is 4.90 Å². The summed E-state index contributed by atoms with van der Waals surface area (Å²) in [4.78, 5) is 33.5. The number of nitrogens with zero attached hydrogens (tertiary/aromatic N) is 3. The van der Waals surface area contributed by atoms with Crippen molar-refractivity contribution < 1.29 is 9.59 Å². The third kappa shape index (κ3) is 4.33. The maximum Gasteiger partial charge on any atom is 0.255 e. The van der Waals surface area contributed by atoms with Gasteiger partial charge in [-0.2, -0.15) is 0 Å². The van der Waals surface area contributed by atoms with Crippen molar-refractivity contribution >= 4 is 40.0 Å². The maximum atomic E-state index is 13.0. The number of rotatable bonds is 6. The highest BCUT2D eigenvalue weighted by atomic mass is 32.2. The van der Waals surface area contributed by atoms with E-state index < -0.39 is 0 Å². The number of carbonyl (C=O) groups is 2. The van der Waals surface area contributed by atoms with E-state index in [4.69, 9.17) is 0 Å². The largest absolute Gasteiger partial charge is 0.339 e. The van der Waals surface area contributed by atoms with Crippen molar-refractivity contribution in [3.05, 3.63) is 66.4 Å². The number of amides is 2. The van der Waals surface area contributed by atoms with Crippen molar-refractivity contribution in [2.24, 2.45) is 0 Å². The minimum Gasteiger partial charge on any atom is -0.339 e. The highest BCUT2D eigenvalue weighted by molar-refractivity contribution is 7.99. The molecule has 1 aromatic heterocycles. The predicted octanol–water partition coefficient (Wildman–Crippen LogP) is 4.62. The molecule has 0 saturated carbocycles. The molecule has 0 spiro atoms. The van der Waals surface area contributed by atoms with Gasteiger partial charge in [0.1, 0.15) is 0 Å². The molecule has 3 aromatic rings. The van der Waals surface area contributed by atoms with Crippen molar-refractivity contribution in [1.29, 1.82) is 0 Å². The van der Waals surface area contributed by atoms with Crippen molar-refractivity contribution in [1.82, 2.24) is 9.88 Å². The highest BCUT2D eigenvalue weighted by Gasteiger charge is 2.20. The smallest absolute Gasteiger partial charge is 0.255 e. The van der Waals surface area contributed by atoms with Crippen LogP contribution in [-0.2, 0) is 4.79 Å². The first-order valence-electron chi connectivity index (χ1n) is 10.3. The molecule has 1 saturated heterocycles. The van der Waals surface area contributed by atoms with E-state index in [9.17, 15) is 9.59 Å². The molecular weight excluding hydrogens is 394 g/mol. The van der Waals surface area contributed by atoms with E-state index in [0.717, 1.165) is 47.4 Å². The molecule has 6 heteroatoms. The van der Waals surface area contributed by atoms with Gasteiger partial charge in [0.2, 0.25) is 5.91 Å². The van der Waals surface area contributed by atoms with E-state index in [1.807, 2.05) is 59.2 Å². The summed E-state index contributed by atoms with van der Waals surface area (Å²) in [5, 5.41) is 2.94. The topological polar surface area (TPSA) is 53.5 Å². The van der Waals surface area contributed by atoms with Gasteiger partial charge in [0.05, 0.1) is 22.0 Å². The summed E-state index contributed by atoms with van der Waals surface area (Å²) in [5.41, 5.74) is 1.54. The summed E-state index contributed by atoms with van der Waals surface area (Å²) in [5.74, 6) is 0.377. The molecule has 0 radical (unpaired) electrons. The van der Waals surface area contributed by atoms with Gasteiger partial charge in [0.15, 0.2) is 0 Å². The normalized spacial score (nSPS) is 13.6. The molecular formula is C24H25N3O2S. The number of hydrogen-bond acceptors (Lipinski definition) is 4. The van der Waals surface area contributed by atoms with Crippen LogP contribution in [0.1, 0.15) is 30.1 Å². The zero-order chi connectivity index (χ0) is 20.9. The number of thioether (sulfide) groups is 1.